The lowest BCUT2D eigenvalue weighted by atomic mass is 10.0. The number of carbonyl (C=O) groups excluding carboxylic acids is 1. The fourth-order valence-corrected chi connectivity index (χ4v) is 2.16. The van der Waals surface area contributed by atoms with Crippen molar-refractivity contribution in [2.45, 2.75) is 12.5 Å². The zero-order valence-electron chi connectivity index (χ0n) is 9.85. The average Bonchev–Trinajstić information content (AvgIpc) is 3.05. The van der Waals surface area contributed by atoms with Gasteiger partial charge in [0, 0.05) is 24.5 Å². The van der Waals surface area contributed by atoms with Gasteiger partial charge >= 0.3 is 0 Å². The number of fused-ring (bicyclic) bond motifs is 1. The van der Waals surface area contributed by atoms with E-state index in [1.807, 2.05) is 42.7 Å². The van der Waals surface area contributed by atoms with E-state index in [9.17, 15) is 4.79 Å². The van der Waals surface area contributed by atoms with E-state index in [0.29, 0.717) is 13.2 Å². The molecule has 2 N–H and O–H groups in total. The first-order chi connectivity index (χ1) is 8.84. The molecule has 0 fully saturated rings. The van der Waals surface area contributed by atoms with E-state index < -0.39 is 0 Å². The lowest BCUT2D eigenvalue weighted by Crippen LogP contribution is -2.29. The Labute approximate surface area is 105 Å². The number of hydrogen-bond donors (Lipinski definition) is 2. The molecule has 1 unspecified atom stereocenters. The van der Waals surface area contributed by atoms with Crippen LogP contribution in [-0.2, 0) is 11.3 Å². The van der Waals surface area contributed by atoms with Crippen LogP contribution in [0.25, 0.3) is 0 Å². The van der Waals surface area contributed by atoms with Crippen LogP contribution in [0.15, 0.2) is 42.7 Å². The van der Waals surface area contributed by atoms with Crippen LogP contribution in [0.4, 0.5) is 0 Å². The first-order valence-corrected chi connectivity index (χ1v) is 5.96. The van der Waals surface area contributed by atoms with Crippen LogP contribution in [0.5, 0.6) is 5.75 Å². The van der Waals surface area contributed by atoms with E-state index in [1.54, 1.807) is 0 Å². The molecule has 0 bridgehead atoms. The van der Waals surface area contributed by atoms with Crippen molar-refractivity contribution < 1.29 is 9.53 Å². The minimum Gasteiger partial charge on any atom is -0.492 e. The van der Waals surface area contributed by atoms with Gasteiger partial charge in [-0.15, -0.1) is 0 Å². The Morgan fingerprint density at radius 2 is 2.28 bits per heavy atom. The van der Waals surface area contributed by atoms with Crippen LogP contribution in [-0.4, -0.2) is 17.5 Å². The van der Waals surface area contributed by atoms with E-state index in [2.05, 4.69) is 10.3 Å². The topological polar surface area (TPSA) is 54.1 Å². The smallest absolute Gasteiger partial charge is 0.231 e. The molecule has 1 atom stereocenters. The molecular weight excluding hydrogens is 228 g/mol. The molecule has 3 rings (SSSR count). The summed E-state index contributed by atoms with van der Waals surface area (Å²) < 4.78 is 5.50. The Hall–Kier alpha value is -2.23. The van der Waals surface area contributed by atoms with Gasteiger partial charge in [-0.1, -0.05) is 18.2 Å². The summed E-state index contributed by atoms with van der Waals surface area (Å²) in [5, 5.41) is 2.93. The highest BCUT2D eigenvalue weighted by atomic mass is 16.5. The van der Waals surface area contributed by atoms with E-state index in [-0.39, 0.29) is 11.8 Å². The summed E-state index contributed by atoms with van der Waals surface area (Å²) in [6.07, 6.45) is 3.72. The van der Waals surface area contributed by atoms with Gasteiger partial charge in [0.05, 0.1) is 0 Å². The molecule has 2 heterocycles. The van der Waals surface area contributed by atoms with Crippen molar-refractivity contribution in [2.75, 3.05) is 6.61 Å². The summed E-state index contributed by atoms with van der Waals surface area (Å²) in [5.41, 5.74) is 2.04. The Bertz CT molecular complexity index is 549. The Balaban J connectivity index is 1.67. The van der Waals surface area contributed by atoms with Crippen LogP contribution < -0.4 is 10.1 Å². The molecule has 0 aliphatic carbocycles. The lowest BCUT2D eigenvalue weighted by molar-refractivity contribution is -0.122. The van der Waals surface area contributed by atoms with Gasteiger partial charge < -0.3 is 15.0 Å². The molecule has 1 aliphatic rings. The Morgan fingerprint density at radius 3 is 3.11 bits per heavy atom. The molecule has 0 saturated carbocycles. The summed E-state index contributed by atoms with van der Waals surface area (Å²) in [6, 6.07) is 9.63. The number of para-hydroxylation sites is 1. The number of ether oxygens (including phenoxy) is 1. The zero-order chi connectivity index (χ0) is 12.4. The van der Waals surface area contributed by atoms with Crippen LogP contribution in [0.3, 0.4) is 0 Å². The third-order valence-corrected chi connectivity index (χ3v) is 3.15. The summed E-state index contributed by atoms with van der Waals surface area (Å²) >= 11 is 0. The zero-order valence-corrected chi connectivity index (χ0v) is 9.85. The van der Waals surface area contributed by atoms with Crippen LogP contribution in [0.1, 0.15) is 17.0 Å². The third kappa shape index (κ3) is 1.97. The molecular formula is C14H14N2O2. The van der Waals surface area contributed by atoms with Gasteiger partial charge in [0.1, 0.15) is 18.3 Å². The van der Waals surface area contributed by atoms with Crippen molar-refractivity contribution >= 4 is 5.91 Å². The highest BCUT2D eigenvalue weighted by Gasteiger charge is 2.29. The first-order valence-electron chi connectivity index (χ1n) is 5.96. The lowest BCUT2D eigenvalue weighted by Gasteiger charge is -2.09. The second-order valence-electron chi connectivity index (χ2n) is 4.34. The summed E-state index contributed by atoms with van der Waals surface area (Å²) in [6.45, 7) is 0.972. The minimum absolute atomic E-state index is 0.0150. The predicted molar refractivity (Wildman–Crippen MR) is 67.3 cm³/mol. The number of H-pyrrole nitrogens is 1. The fourth-order valence-electron chi connectivity index (χ4n) is 2.16. The number of aromatic nitrogens is 1. The maximum Gasteiger partial charge on any atom is 0.231 e. The maximum absolute atomic E-state index is 12.1. The second-order valence-corrected chi connectivity index (χ2v) is 4.34. The monoisotopic (exact) mass is 242 g/mol. The van der Waals surface area contributed by atoms with Gasteiger partial charge in [-0.25, -0.2) is 0 Å². The highest BCUT2D eigenvalue weighted by molar-refractivity contribution is 5.85. The van der Waals surface area contributed by atoms with Gasteiger partial charge in [0.15, 0.2) is 0 Å². The molecule has 1 aliphatic heterocycles. The van der Waals surface area contributed by atoms with Crippen molar-refractivity contribution in [3.8, 4) is 5.75 Å². The molecule has 0 saturated heterocycles. The first kappa shape index (κ1) is 10.9. The maximum atomic E-state index is 12.1. The third-order valence-electron chi connectivity index (χ3n) is 3.15. The van der Waals surface area contributed by atoms with Crippen molar-refractivity contribution in [1.29, 1.82) is 0 Å². The Kier molecular flexibility index (Phi) is 2.76. The molecule has 4 nitrogen and oxygen atoms in total. The molecule has 1 amide bonds. The SMILES string of the molecule is O=C(NCc1cc[nH]c1)C1COc2ccccc21. The molecule has 4 heteroatoms. The second kappa shape index (κ2) is 4.56. The summed E-state index contributed by atoms with van der Waals surface area (Å²) in [7, 11) is 0. The van der Waals surface area contributed by atoms with E-state index >= 15 is 0 Å². The van der Waals surface area contributed by atoms with Crippen molar-refractivity contribution in [3.63, 3.8) is 0 Å². The van der Waals surface area contributed by atoms with Gasteiger partial charge in [0.2, 0.25) is 5.91 Å². The number of benzene rings is 1. The number of hydrogen-bond acceptors (Lipinski definition) is 2. The highest BCUT2D eigenvalue weighted by Crippen LogP contribution is 2.33. The number of carbonyl (C=O) groups is 1. The standard InChI is InChI=1S/C14H14N2O2/c17-14(16-8-10-5-6-15-7-10)12-9-18-13-4-2-1-3-11(12)13/h1-7,12,15H,8-9H2,(H,16,17). The normalized spacial score (nSPS) is 17.0. The quantitative estimate of drug-likeness (QED) is 0.862. The molecule has 0 radical (unpaired) electrons. The van der Waals surface area contributed by atoms with Gasteiger partial charge in [-0.2, -0.15) is 0 Å². The van der Waals surface area contributed by atoms with Gasteiger partial charge in [-0.05, 0) is 17.7 Å². The van der Waals surface area contributed by atoms with E-state index in [4.69, 9.17) is 4.74 Å². The molecule has 1 aromatic heterocycles. The number of aromatic amines is 1. The van der Waals surface area contributed by atoms with Crippen molar-refractivity contribution in [2.24, 2.45) is 0 Å². The molecule has 0 spiro atoms. The minimum atomic E-state index is -0.194. The van der Waals surface area contributed by atoms with Crippen molar-refractivity contribution in [3.05, 3.63) is 53.9 Å². The largest absolute Gasteiger partial charge is 0.492 e. The number of amides is 1. The number of rotatable bonds is 3. The molecule has 92 valence electrons. The average molecular weight is 242 g/mol. The molecule has 2 aromatic rings. The fraction of sp³-hybridized carbons (Fsp3) is 0.214. The number of nitrogens with one attached hydrogen (secondary N) is 2. The van der Waals surface area contributed by atoms with Crippen LogP contribution >= 0.6 is 0 Å². The predicted octanol–water partition coefficient (Wildman–Crippen LogP) is 1.81. The van der Waals surface area contributed by atoms with E-state index in [0.717, 1.165) is 16.9 Å². The summed E-state index contributed by atoms with van der Waals surface area (Å²) in [4.78, 5) is 15.1. The van der Waals surface area contributed by atoms with Crippen LogP contribution in [0.2, 0.25) is 0 Å². The van der Waals surface area contributed by atoms with E-state index in [1.165, 1.54) is 0 Å². The molecule has 18 heavy (non-hydrogen) atoms. The Morgan fingerprint density at radius 1 is 1.39 bits per heavy atom. The van der Waals surface area contributed by atoms with Gasteiger partial charge in [0.25, 0.3) is 0 Å². The van der Waals surface area contributed by atoms with Gasteiger partial charge in [-0.3, -0.25) is 4.79 Å². The van der Waals surface area contributed by atoms with Crippen molar-refractivity contribution in [1.82, 2.24) is 10.3 Å². The summed E-state index contributed by atoms with van der Waals surface area (Å²) in [5.74, 6) is 0.639. The van der Waals surface area contributed by atoms with Crippen LogP contribution in [0, 0.1) is 0 Å². The molecule has 1 aromatic carbocycles.